The van der Waals surface area contributed by atoms with E-state index in [1.54, 1.807) is 23.3 Å². The molecule has 1 saturated heterocycles. The fourth-order valence-electron chi connectivity index (χ4n) is 9.11. The predicted octanol–water partition coefficient (Wildman–Crippen LogP) is 5.66. The van der Waals surface area contributed by atoms with Crippen LogP contribution in [0.25, 0.3) is 0 Å². The first-order chi connectivity index (χ1) is 18.3. The highest BCUT2D eigenvalue weighted by atomic mass is 32.2. The lowest BCUT2D eigenvalue weighted by molar-refractivity contribution is -0.286. The number of aliphatic hydroxyl groups excluding tert-OH is 1. The van der Waals surface area contributed by atoms with E-state index in [2.05, 4.69) is 0 Å². The zero-order valence-electron chi connectivity index (χ0n) is 22.5. The van der Waals surface area contributed by atoms with E-state index in [-0.39, 0.29) is 24.3 Å². The minimum atomic E-state index is -2.27. The number of rotatable bonds is 4. The van der Waals surface area contributed by atoms with Gasteiger partial charge in [-0.15, -0.1) is 11.3 Å². The number of aryl methyl sites for hydroxylation is 1. The Morgan fingerprint density at radius 3 is 2.69 bits per heavy atom. The van der Waals surface area contributed by atoms with Crippen molar-refractivity contribution in [1.29, 1.82) is 0 Å². The second-order valence-electron chi connectivity index (χ2n) is 12.6. The van der Waals surface area contributed by atoms with E-state index >= 15 is 8.78 Å². The standard InChI is InChI=1S/C29H34F3NO4S2/c1-16-5-6-19(39-16)14-33-13-17-11-26(3)22-10-21(31)20-9-18(34)7-8-25(20,2)28(22,32)23(35)12-27(26,4)29(17,37-33)24(36)38-15-30/h5-9,17,21-23,35H,10-15H2,1-4H3/t17-,21-,22-,23-,25-,26-,27-,28-,29-/m0/s1. The monoisotopic (exact) mass is 581 g/mol. The Labute approximate surface area is 234 Å². The predicted molar refractivity (Wildman–Crippen MR) is 144 cm³/mol. The molecule has 0 radical (unpaired) electrons. The summed E-state index contributed by atoms with van der Waals surface area (Å²) in [6.45, 7) is 8.15. The van der Waals surface area contributed by atoms with Crippen LogP contribution in [0, 0.1) is 35.0 Å². The van der Waals surface area contributed by atoms with Crippen LogP contribution in [0.2, 0.25) is 0 Å². The quantitative estimate of drug-likeness (QED) is 0.495. The number of thioether (sulfide) groups is 1. The molecule has 2 heterocycles. The maximum Gasteiger partial charge on any atom is 0.226 e. The molecule has 4 aliphatic carbocycles. The first-order valence-electron chi connectivity index (χ1n) is 13.5. The van der Waals surface area contributed by atoms with Gasteiger partial charge in [-0.3, -0.25) is 14.4 Å². The number of carbonyl (C=O) groups is 2. The number of hydrogen-bond acceptors (Lipinski definition) is 7. The summed E-state index contributed by atoms with van der Waals surface area (Å²) in [6.07, 6.45) is 0.747. The Bertz CT molecular complexity index is 1300. The molecule has 0 unspecified atom stereocenters. The number of thiophene rings is 1. The first-order valence-corrected chi connectivity index (χ1v) is 15.3. The van der Waals surface area contributed by atoms with Gasteiger partial charge >= 0.3 is 0 Å². The van der Waals surface area contributed by atoms with E-state index in [1.807, 2.05) is 32.9 Å². The lowest BCUT2D eigenvalue weighted by Gasteiger charge is -2.67. The number of fused-ring (bicyclic) bond motifs is 7. The fourth-order valence-corrected chi connectivity index (χ4v) is 10.8. The number of alkyl halides is 3. The third-order valence-corrected chi connectivity index (χ3v) is 12.7. The average Bonchev–Trinajstić information content (AvgIpc) is 3.49. The molecule has 1 N–H and O–H groups in total. The zero-order valence-corrected chi connectivity index (χ0v) is 24.1. The van der Waals surface area contributed by atoms with Crippen LogP contribution in [0.1, 0.15) is 49.8 Å². The van der Waals surface area contributed by atoms with E-state index in [0.717, 1.165) is 9.75 Å². The summed E-state index contributed by atoms with van der Waals surface area (Å²) in [7, 11) is 0. The number of hydroxylamine groups is 2. The molecule has 5 aliphatic rings. The molecule has 6 rings (SSSR count). The Kier molecular flexibility index (Phi) is 6.23. The number of carbonyl (C=O) groups excluding carboxylic acids is 2. The largest absolute Gasteiger partial charge is 0.390 e. The van der Waals surface area contributed by atoms with Crippen molar-refractivity contribution in [2.24, 2.45) is 28.1 Å². The SMILES string of the molecule is Cc1ccc(CN2C[C@@H]3C[C@@]4(C)[C@@H]5C[C@H](F)C6=CC(=O)C=C[C@]6(C)[C@@]5(F)[C@@H](O)C[C@]4(C)[C@]3(C(=O)SCF)O2)s1. The highest BCUT2D eigenvalue weighted by Crippen LogP contribution is 2.78. The third-order valence-electron chi connectivity index (χ3n) is 11.1. The first kappa shape index (κ1) is 27.7. The Morgan fingerprint density at radius 2 is 2.03 bits per heavy atom. The van der Waals surface area contributed by atoms with Crippen LogP contribution in [-0.4, -0.2) is 57.2 Å². The molecule has 1 aromatic heterocycles. The van der Waals surface area contributed by atoms with Crippen LogP contribution in [-0.2, 0) is 21.0 Å². The lowest BCUT2D eigenvalue weighted by atomic mass is 9.40. The summed E-state index contributed by atoms with van der Waals surface area (Å²) in [6, 6.07) is 3.10. The number of nitrogens with zero attached hydrogens (tertiary/aromatic N) is 1. The van der Waals surface area contributed by atoms with Crippen LogP contribution in [0.15, 0.2) is 35.9 Å². The number of aliphatic hydroxyl groups is 1. The van der Waals surface area contributed by atoms with Crippen LogP contribution < -0.4 is 0 Å². The molecule has 0 spiro atoms. The molecule has 9 atom stereocenters. The maximum atomic E-state index is 17.7. The normalized spacial score (nSPS) is 46.9. The van der Waals surface area contributed by atoms with Crippen LogP contribution in [0.5, 0.6) is 0 Å². The molecule has 0 bridgehead atoms. The molecule has 1 aromatic rings. The van der Waals surface area contributed by atoms with Crippen molar-refractivity contribution in [3.63, 3.8) is 0 Å². The molecule has 0 amide bonds. The average molecular weight is 582 g/mol. The van der Waals surface area contributed by atoms with Crippen molar-refractivity contribution in [1.82, 2.24) is 5.06 Å². The topological polar surface area (TPSA) is 66.8 Å². The molecular weight excluding hydrogens is 547 g/mol. The Balaban J connectivity index is 1.45. The smallest absolute Gasteiger partial charge is 0.226 e. The van der Waals surface area contributed by atoms with Gasteiger partial charge in [0, 0.05) is 39.0 Å². The van der Waals surface area contributed by atoms with Crippen molar-refractivity contribution in [3.8, 4) is 0 Å². The second-order valence-corrected chi connectivity index (χ2v) is 14.9. The van der Waals surface area contributed by atoms with Crippen molar-refractivity contribution < 1.29 is 32.7 Å². The summed E-state index contributed by atoms with van der Waals surface area (Å²) in [5, 5.41) is 13.0. The fraction of sp³-hybridized carbons (Fsp3) is 0.655. The summed E-state index contributed by atoms with van der Waals surface area (Å²) >= 11 is 2.17. The Hall–Kier alpha value is -1.46. The lowest BCUT2D eigenvalue weighted by Crippen LogP contribution is -2.73. The number of halogens is 3. The van der Waals surface area contributed by atoms with E-state index in [4.69, 9.17) is 4.84 Å². The van der Waals surface area contributed by atoms with Gasteiger partial charge < -0.3 is 5.11 Å². The molecule has 10 heteroatoms. The maximum absolute atomic E-state index is 17.7. The number of ketones is 1. The Morgan fingerprint density at radius 1 is 1.28 bits per heavy atom. The molecule has 4 fully saturated rings. The molecule has 3 saturated carbocycles. The minimum absolute atomic E-state index is 0.0608. The summed E-state index contributed by atoms with van der Waals surface area (Å²) in [5.41, 5.74) is -7.26. The molecule has 5 nitrogen and oxygen atoms in total. The number of allylic oxidation sites excluding steroid dienone is 4. The zero-order chi connectivity index (χ0) is 28.2. The van der Waals surface area contributed by atoms with E-state index in [1.165, 1.54) is 18.2 Å². The number of hydrogen-bond donors (Lipinski definition) is 1. The highest BCUT2D eigenvalue weighted by molar-refractivity contribution is 8.13. The van der Waals surface area contributed by atoms with E-state index in [0.29, 0.717) is 31.3 Å². The van der Waals surface area contributed by atoms with Crippen molar-refractivity contribution in [2.45, 2.75) is 77.0 Å². The summed E-state index contributed by atoms with van der Waals surface area (Å²) < 4.78 is 47.2. The second kappa shape index (κ2) is 8.77. The van der Waals surface area contributed by atoms with Gasteiger partial charge in [0.25, 0.3) is 0 Å². The van der Waals surface area contributed by atoms with Gasteiger partial charge in [-0.1, -0.05) is 31.7 Å². The molecular formula is C29H34F3NO4S2. The molecule has 39 heavy (non-hydrogen) atoms. The van der Waals surface area contributed by atoms with Crippen LogP contribution in [0.4, 0.5) is 13.2 Å². The summed E-state index contributed by atoms with van der Waals surface area (Å²) in [5.74, 6) is -1.75. The van der Waals surface area contributed by atoms with Crippen molar-refractivity contribution in [2.75, 3.05) is 12.6 Å². The highest BCUT2D eigenvalue weighted by Gasteiger charge is 2.83. The summed E-state index contributed by atoms with van der Waals surface area (Å²) in [4.78, 5) is 34.8. The van der Waals surface area contributed by atoms with E-state index in [9.17, 15) is 19.1 Å². The van der Waals surface area contributed by atoms with Crippen molar-refractivity contribution in [3.05, 3.63) is 45.7 Å². The van der Waals surface area contributed by atoms with Crippen LogP contribution >= 0.6 is 23.1 Å². The van der Waals surface area contributed by atoms with Crippen molar-refractivity contribution >= 4 is 34.0 Å². The third kappa shape index (κ3) is 3.32. The van der Waals surface area contributed by atoms with Crippen LogP contribution in [0.3, 0.4) is 0 Å². The van der Waals surface area contributed by atoms with Gasteiger partial charge in [0.15, 0.2) is 17.1 Å². The van der Waals surface area contributed by atoms with E-state index < -0.39 is 62.6 Å². The van der Waals surface area contributed by atoms with Gasteiger partial charge in [-0.25, -0.2) is 13.2 Å². The molecule has 0 aromatic carbocycles. The minimum Gasteiger partial charge on any atom is -0.390 e. The molecule has 1 aliphatic heterocycles. The van der Waals surface area contributed by atoms with Gasteiger partial charge in [0.1, 0.15) is 12.2 Å². The molecule has 212 valence electrons. The van der Waals surface area contributed by atoms with Gasteiger partial charge in [0.2, 0.25) is 5.12 Å². The van der Waals surface area contributed by atoms with Gasteiger partial charge in [-0.2, -0.15) is 5.06 Å². The van der Waals surface area contributed by atoms with Gasteiger partial charge in [0.05, 0.1) is 12.6 Å². The van der Waals surface area contributed by atoms with Gasteiger partial charge in [-0.05, 0) is 68.4 Å².